The first-order chi connectivity index (χ1) is 8.02. The van der Waals surface area contributed by atoms with Gasteiger partial charge in [0.15, 0.2) is 0 Å². The van der Waals surface area contributed by atoms with Crippen LogP contribution in [0.5, 0.6) is 0 Å². The zero-order valence-electron chi connectivity index (χ0n) is 10.1. The molecule has 0 saturated heterocycles. The molecule has 0 aliphatic carbocycles. The van der Waals surface area contributed by atoms with Crippen molar-refractivity contribution in [1.29, 1.82) is 0 Å². The predicted molar refractivity (Wildman–Crippen MR) is 73.1 cm³/mol. The van der Waals surface area contributed by atoms with E-state index in [1.807, 2.05) is 13.8 Å². The number of methoxy groups -OCH3 is 1. The van der Waals surface area contributed by atoms with Crippen LogP contribution in [0.3, 0.4) is 0 Å². The van der Waals surface area contributed by atoms with Crippen molar-refractivity contribution in [3.05, 3.63) is 21.7 Å². The maximum absolute atomic E-state index is 11.7. The van der Waals surface area contributed by atoms with Crippen LogP contribution in [-0.2, 0) is 4.74 Å². The van der Waals surface area contributed by atoms with Gasteiger partial charge in [0.1, 0.15) is 5.56 Å². The number of hydrogen-bond acceptors (Lipinski definition) is 4. The molecule has 1 aromatic carbocycles. The lowest BCUT2D eigenvalue weighted by atomic mass is 10.1. The summed E-state index contributed by atoms with van der Waals surface area (Å²) in [5, 5.41) is 0. The number of aliphatic imine (C=N–C) groups is 1. The van der Waals surface area contributed by atoms with Gasteiger partial charge in [-0.2, -0.15) is 0 Å². The summed E-state index contributed by atoms with van der Waals surface area (Å²) in [6.45, 7) is 3.84. The van der Waals surface area contributed by atoms with Crippen LogP contribution in [-0.4, -0.2) is 19.3 Å². The lowest BCUT2D eigenvalue weighted by Crippen LogP contribution is -2.07. The Kier molecular flexibility index (Phi) is 4.69. The normalized spacial score (nSPS) is 10.8. The zero-order valence-corrected chi connectivity index (χ0v) is 11.7. The molecule has 1 aromatic rings. The van der Waals surface area contributed by atoms with Gasteiger partial charge in [-0.25, -0.2) is 4.79 Å². The van der Waals surface area contributed by atoms with Gasteiger partial charge in [0.05, 0.1) is 12.8 Å². The maximum Gasteiger partial charge on any atom is 0.342 e. The zero-order chi connectivity index (χ0) is 13.0. The number of hydrogen-bond donors (Lipinski definition) is 1. The summed E-state index contributed by atoms with van der Waals surface area (Å²) in [4.78, 5) is 16.0. The minimum atomic E-state index is -0.471. The van der Waals surface area contributed by atoms with Crippen molar-refractivity contribution in [3.8, 4) is 0 Å². The Morgan fingerprint density at radius 1 is 1.65 bits per heavy atom. The number of carbonyl (C=O) groups is 1. The van der Waals surface area contributed by atoms with E-state index in [0.29, 0.717) is 16.9 Å². The number of carbonyl (C=O) groups excluding carboxylic acids is 1. The number of benzene rings is 1. The van der Waals surface area contributed by atoms with Crippen LogP contribution < -0.4 is 5.73 Å². The molecule has 0 aromatic heterocycles. The molecule has 0 unspecified atom stereocenters. The molecule has 0 fully saturated rings. The van der Waals surface area contributed by atoms with Crippen molar-refractivity contribution in [2.24, 2.45) is 4.99 Å². The number of rotatable bonds is 3. The molecule has 0 aliphatic heterocycles. The van der Waals surface area contributed by atoms with Gasteiger partial charge < -0.3 is 10.5 Å². The number of nitrogens with zero attached hydrogens (tertiary/aromatic N) is 1. The molecule has 0 heterocycles. The summed E-state index contributed by atoms with van der Waals surface area (Å²) in [5.74, 6) is -0.471. The smallest absolute Gasteiger partial charge is 0.342 e. The van der Waals surface area contributed by atoms with E-state index in [4.69, 9.17) is 10.5 Å². The van der Waals surface area contributed by atoms with Gasteiger partial charge in [-0.1, -0.05) is 22.9 Å². The molecule has 2 N–H and O–H groups in total. The van der Waals surface area contributed by atoms with Crippen molar-refractivity contribution in [1.82, 2.24) is 0 Å². The van der Waals surface area contributed by atoms with Gasteiger partial charge in [-0.05, 0) is 25.0 Å². The first-order valence-corrected chi connectivity index (χ1v) is 6.01. The summed E-state index contributed by atoms with van der Waals surface area (Å²) >= 11 is 3.39. The first-order valence-electron chi connectivity index (χ1n) is 5.22. The third kappa shape index (κ3) is 2.85. The summed E-state index contributed by atoms with van der Waals surface area (Å²) < 4.78 is 5.55. The summed E-state index contributed by atoms with van der Waals surface area (Å²) in [5.41, 5.74) is 7.94. The largest absolute Gasteiger partial charge is 0.465 e. The second-order valence-corrected chi connectivity index (χ2v) is 4.36. The average molecular weight is 299 g/mol. The van der Waals surface area contributed by atoms with E-state index in [1.54, 1.807) is 12.3 Å². The van der Waals surface area contributed by atoms with Crippen LogP contribution in [0.15, 0.2) is 15.5 Å². The number of esters is 1. The van der Waals surface area contributed by atoms with Crippen molar-refractivity contribution < 1.29 is 9.53 Å². The second-order valence-electron chi connectivity index (χ2n) is 3.51. The minimum absolute atomic E-state index is 0.318. The Bertz CT molecular complexity index is 470. The highest BCUT2D eigenvalue weighted by Crippen LogP contribution is 2.35. The minimum Gasteiger partial charge on any atom is -0.465 e. The maximum atomic E-state index is 11.7. The highest BCUT2D eigenvalue weighted by Gasteiger charge is 2.19. The summed E-state index contributed by atoms with van der Waals surface area (Å²) in [6.07, 6.45) is 2.52. The fourth-order valence-electron chi connectivity index (χ4n) is 1.41. The second kappa shape index (κ2) is 5.82. The van der Waals surface area contributed by atoms with Gasteiger partial charge in [0.2, 0.25) is 0 Å². The molecule has 0 amide bonds. The topological polar surface area (TPSA) is 64.7 Å². The summed E-state index contributed by atoms with van der Waals surface area (Å²) in [6, 6.07) is 1.69. The van der Waals surface area contributed by atoms with Crippen molar-refractivity contribution >= 4 is 39.5 Å². The van der Waals surface area contributed by atoms with Crippen LogP contribution in [0, 0.1) is 6.92 Å². The molecule has 5 heteroatoms. The Labute approximate surface area is 109 Å². The number of ether oxygens (including phenoxy) is 1. The van der Waals surface area contributed by atoms with Crippen LogP contribution >= 0.6 is 15.9 Å². The van der Waals surface area contributed by atoms with E-state index in [1.165, 1.54) is 7.11 Å². The quantitative estimate of drug-likeness (QED) is 0.529. The van der Waals surface area contributed by atoms with Crippen LogP contribution in [0.1, 0.15) is 29.3 Å². The molecule has 92 valence electrons. The Hall–Kier alpha value is -1.36. The lowest BCUT2D eigenvalue weighted by molar-refractivity contribution is 0.0603. The van der Waals surface area contributed by atoms with Crippen LogP contribution in [0.25, 0.3) is 0 Å². The number of anilines is 1. The molecule has 0 radical (unpaired) electrons. The first kappa shape index (κ1) is 13.7. The van der Waals surface area contributed by atoms with E-state index >= 15 is 0 Å². The van der Waals surface area contributed by atoms with E-state index in [9.17, 15) is 4.79 Å². The number of halogens is 1. The van der Waals surface area contributed by atoms with Crippen molar-refractivity contribution in [3.63, 3.8) is 0 Å². The molecule has 0 aliphatic rings. The Morgan fingerprint density at radius 3 is 2.82 bits per heavy atom. The van der Waals surface area contributed by atoms with Gasteiger partial charge in [0, 0.05) is 16.4 Å². The highest BCUT2D eigenvalue weighted by molar-refractivity contribution is 9.10. The Morgan fingerprint density at radius 2 is 2.29 bits per heavy atom. The molecule has 17 heavy (non-hydrogen) atoms. The molecule has 0 spiro atoms. The standard InChI is InChI=1S/C12H15BrN2O2/c1-4-5-15-11-7(2)8(13)6-9(14)10(11)12(16)17-3/h5-6H,4,14H2,1-3H3. The van der Waals surface area contributed by atoms with E-state index < -0.39 is 5.97 Å². The molecule has 0 bridgehead atoms. The fourth-order valence-corrected chi connectivity index (χ4v) is 1.85. The summed E-state index contributed by atoms with van der Waals surface area (Å²) in [7, 11) is 1.33. The molecule has 0 saturated carbocycles. The number of nitrogens with two attached hydrogens (primary N) is 1. The van der Waals surface area contributed by atoms with Crippen molar-refractivity contribution in [2.45, 2.75) is 20.3 Å². The molecule has 1 rings (SSSR count). The van der Waals surface area contributed by atoms with Gasteiger partial charge in [-0.3, -0.25) is 4.99 Å². The van der Waals surface area contributed by atoms with Crippen LogP contribution in [0.2, 0.25) is 0 Å². The molecular formula is C12H15BrN2O2. The third-order valence-electron chi connectivity index (χ3n) is 2.31. The monoisotopic (exact) mass is 298 g/mol. The fraction of sp³-hybridized carbons (Fsp3) is 0.333. The van der Waals surface area contributed by atoms with Crippen molar-refractivity contribution in [2.75, 3.05) is 12.8 Å². The predicted octanol–water partition coefficient (Wildman–Crippen LogP) is 3.24. The van der Waals surface area contributed by atoms with E-state index in [2.05, 4.69) is 20.9 Å². The van der Waals surface area contributed by atoms with Gasteiger partial charge >= 0.3 is 5.97 Å². The highest BCUT2D eigenvalue weighted by atomic mass is 79.9. The SMILES string of the molecule is CCC=Nc1c(C)c(Br)cc(N)c1C(=O)OC. The van der Waals surface area contributed by atoms with Crippen LogP contribution in [0.4, 0.5) is 11.4 Å². The molecular weight excluding hydrogens is 284 g/mol. The molecule has 0 atom stereocenters. The van der Waals surface area contributed by atoms with E-state index in [0.717, 1.165) is 16.5 Å². The Balaban J connectivity index is 3.49. The average Bonchev–Trinajstić information content (AvgIpc) is 2.31. The molecule has 4 nitrogen and oxygen atoms in total. The number of nitrogen functional groups attached to an aromatic ring is 1. The lowest BCUT2D eigenvalue weighted by Gasteiger charge is -2.11. The van der Waals surface area contributed by atoms with E-state index in [-0.39, 0.29) is 0 Å². The third-order valence-corrected chi connectivity index (χ3v) is 3.14. The van der Waals surface area contributed by atoms with Gasteiger partial charge in [0.25, 0.3) is 0 Å². The van der Waals surface area contributed by atoms with Gasteiger partial charge in [-0.15, -0.1) is 0 Å².